The number of hydrogen-bond acceptors (Lipinski definition) is 9. The van der Waals surface area contributed by atoms with E-state index in [-0.39, 0.29) is 31.4 Å². The van der Waals surface area contributed by atoms with Crippen LogP contribution in [0.1, 0.15) is 31.0 Å². The third-order valence-corrected chi connectivity index (χ3v) is 5.70. The summed E-state index contributed by atoms with van der Waals surface area (Å²) in [4.78, 5) is 68.0. The van der Waals surface area contributed by atoms with Gasteiger partial charge in [0.2, 0.25) is 23.6 Å². The first-order valence-electron chi connectivity index (χ1n) is 12.0. The van der Waals surface area contributed by atoms with Gasteiger partial charge in [0.25, 0.3) is 0 Å². The summed E-state index contributed by atoms with van der Waals surface area (Å²) in [7, 11) is 0. The molecule has 0 aliphatic rings. The number of carbonyl (C=O) groups excluding carboxylic acids is 4. The number of carboxylic acid groups (broad SMARTS) is 1. The van der Waals surface area contributed by atoms with Crippen LogP contribution in [0.4, 0.5) is 0 Å². The first kappa shape index (κ1) is 30.7. The summed E-state index contributed by atoms with van der Waals surface area (Å²) in [6, 6.07) is 0.651. The number of H-pyrrole nitrogens is 1. The number of phenolic OH excluding ortho intramolecular Hbond substituents is 1. The highest BCUT2D eigenvalue weighted by Crippen LogP contribution is 2.11. The van der Waals surface area contributed by atoms with Crippen LogP contribution in [0.15, 0.2) is 36.8 Å². The number of amides is 4. The molecule has 1 heterocycles. The number of aliphatic hydroxyl groups excluding tert-OH is 1. The number of nitrogens with one attached hydrogen (secondary N) is 4. The summed E-state index contributed by atoms with van der Waals surface area (Å²) in [5.74, 6) is -4.72. The standard InChI is InChI=1S/C24H33N7O8/c1-12(32)20(23(37)29-17(24(38)39)6-7-19(26)34)31-22(36)18(9-14-10-27-11-28-14)30-21(35)16(25)8-13-2-4-15(33)5-3-13/h2-5,10-12,16-18,20,32-33H,6-9,25H2,1H3,(H2,26,34)(H,27,28)(H,29,37)(H,30,35)(H,31,36)(H,38,39). The molecule has 0 spiro atoms. The fraction of sp³-hybridized carbons (Fsp3) is 0.417. The number of imidazole rings is 1. The summed E-state index contributed by atoms with van der Waals surface area (Å²) < 4.78 is 0. The molecule has 0 saturated heterocycles. The number of benzene rings is 1. The van der Waals surface area contributed by atoms with E-state index in [2.05, 4.69) is 25.9 Å². The summed E-state index contributed by atoms with van der Waals surface area (Å²) >= 11 is 0. The molecule has 0 saturated carbocycles. The molecule has 39 heavy (non-hydrogen) atoms. The van der Waals surface area contributed by atoms with E-state index in [9.17, 15) is 39.3 Å². The molecule has 5 atom stereocenters. The fourth-order valence-electron chi connectivity index (χ4n) is 3.55. The minimum absolute atomic E-state index is 0.0484. The molecular weight excluding hydrogens is 514 g/mol. The summed E-state index contributed by atoms with van der Waals surface area (Å²) in [6.45, 7) is 1.21. The molecule has 15 heteroatoms. The van der Waals surface area contributed by atoms with Crippen molar-refractivity contribution in [2.24, 2.45) is 11.5 Å². The van der Waals surface area contributed by atoms with Crippen molar-refractivity contribution in [2.45, 2.75) is 62.9 Å². The number of aromatic amines is 1. The second-order valence-electron chi connectivity index (χ2n) is 8.95. The molecule has 1 aromatic heterocycles. The van der Waals surface area contributed by atoms with Gasteiger partial charge in [-0.3, -0.25) is 19.2 Å². The van der Waals surface area contributed by atoms with Gasteiger partial charge in [-0.2, -0.15) is 0 Å². The Labute approximate surface area is 223 Å². The van der Waals surface area contributed by atoms with E-state index < -0.39 is 59.9 Å². The van der Waals surface area contributed by atoms with Crippen LogP contribution >= 0.6 is 0 Å². The molecule has 5 unspecified atom stereocenters. The number of aromatic nitrogens is 2. The lowest BCUT2D eigenvalue weighted by molar-refractivity contribution is -0.143. The van der Waals surface area contributed by atoms with Gasteiger partial charge in [0.05, 0.1) is 18.5 Å². The molecule has 0 radical (unpaired) electrons. The van der Waals surface area contributed by atoms with Crippen LogP contribution < -0.4 is 27.4 Å². The van der Waals surface area contributed by atoms with Gasteiger partial charge in [0.15, 0.2) is 0 Å². The van der Waals surface area contributed by atoms with E-state index in [0.29, 0.717) is 11.3 Å². The molecule has 11 N–H and O–H groups in total. The summed E-state index contributed by atoms with van der Waals surface area (Å²) in [5, 5.41) is 36.0. The predicted octanol–water partition coefficient (Wildman–Crippen LogP) is -2.59. The number of aliphatic carboxylic acids is 1. The lowest BCUT2D eigenvalue weighted by atomic mass is 10.0. The van der Waals surface area contributed by atoms with E-state index >= 15 is 0 Å². The second kappa shape index (κ2) is 14.4. The number of phenols is 1. The molecule has 0 fully saturated rings. The average Bonchev–Trinajstić information content (AvgIpc) is 3.38. The van der Waals surface area contributed by atoms with Crippen molar-refractivity contribution in [3.63, 3.8) is 0 Å². The van der Waals surface area contributed by atoms with Gasteiger partial charge < -0.3 is 47.7 Å². The quantitative estimate of drug-likeness (QED) is 0.112. The highest BCUT2D eigenvalue weighted by atomic mass is 16.4. The molecule has 212 valence electrons. The molecule has 4 amide bonds. The Kier molecular flexibility index (Phi) is 11.4. The summed E-state index contributed by atoms with van der Waals surface area (Å²) in [5.41, 5.74) is 12.2. The minimum Gasteiger partial charge on any atom is -0.508 e. The van der Waals surface area contributed by atoms with Gasteiger partial charge >= 0.3 is 5.97 Å². The van der Waals surface area contributed by atoms with Crippen molar-refractivity contribution < 1.29 is 39.3 Å². The van der Waals surface area contributed by atoms with Crippen molar-refractivity contribution in [3.05, 3.63) is 48.0 Å². The van der Waals surface area contributed by atoms with Crippen LogP contribution in [-0.4, -0.2) is 85.2 Å². The molecule has 2 aromatic rings. The Morgan fingerprint density at radius 3 is 2.15 bits per heavy atom. The van der Waals surface area contributed by atoms with E-state index in [1.807, 2.05) is 0 Å². The lowest BCUT2D eigenvalue weighted by Gasteiger charge is -2.26. The number of primary amides is 1. The van der Waals surface area contributed by atoms with E-state index in [4.69, 9.17) is 11.5 Å². The van der Waals surface area contributed by atoms with Crippen molar-refractivity contribution in [3.8, 4) is 5.75 Å². The van der Waals surface area contributed by atoms with Gasteiger partial charge in [0.1, 0.15) is 23.9 Å². The number of carboxylic acids is 1. The van der Waals surface area contributed by atoms with Crippen molar-refractivity contribution >= 4 is 29.6 Å². The second-order valence-corrected chi connectivity index (χ2v) is 8.95. The van der Waals surface area contributed by atoms with Crippen molar-refractivity contribution in [2.75, 3.05) is 0 Å². The first-order valence-corrected chi connectivity index (χ1v) is 12.0. The van der Waals surface area contributed by atoms with Gasteiger partial charge in [-0.25, -0.2) is 9.78 Å². The van der Waals surface area contributed by atoms with Gasteiger partial charge in [0, 0.05) is 24.7 Å². The van der Waals surface area contributed by atoms with Crippen LogP contribution in [0.5, 0.6) is 5.75 Å². The number of carbonyl (C=O) groups is 5. The van der Waals surface area contributed by atoms with Crippen LogP contribution in [0.25, 0.3) is 0 Å². The molecule has 0 bridgehead atoms. The van der Waals surface area contributed by atoms with Crippen LogP contribution in [-0.2, 0) is 36.8 Å². The Bertz CT molecular complexity index is 1140. The number of nitrogens with two attached hydrogens (primary N) is 2. The highest BCUT2D eigenvalue weighted by molar-refractivity contribution is 5.94. The highest BCUT2D eigenvalue weighted by Gasteiger charge is 2.33. The Hall–Kier alpha value is -4.50. The number of aliphatic hydroxyl groups is 1. The van der Waals surface area contributed by atoms with Crippen LogP contribution in [0.3, 0.4) is 0 Å². The van der Waals surface area contributed by atoms with Crippen molar-refractivity contribution in [1.29, 1.82) is 0 Å². The SMILES string of the molecule is CC(O)C(NC(=O)C(Cc1cnc[nH]1)NC(=O)C(N)Cc1ccc(O)cc1)C(=O)NC(CCC(N)=O)C(=O)O. The van der Waals surface area contributed by atoms with Gasteiger partial charge in [-0.1, -0.05) is 12.1 Å². The van der Waals surface area contributed by atoms with Crippen molar-refractivity contribution in [1.82, 2.24) is 25.9 Å². The predicted molar refractivity (Wildman–Crippen MR) is 136 cm³/mol. The van der Waals surface area contributed by atoms with E-state index in [1.54, 1.807) is 12.1 Å². The number of hydrogen-bond donors (Lipinski definition) is 9. The van der Waals surface area contributed by atoms with Gasteiger partial charge in [-0.15, -0.1) is 0 Å². The fourth-order valence-corrected chi connectivity index (χ4v) is 3.55. The normalized spacial score (nSPS) is 14.7. The summed E-state index contributed by atoms with van der Waals surface area (Å²) in [6.07, 6.45) is 0.754. The van der Waals surface area contributed by atoms with E-state index in [1.165, 1.54) is 31.6 Å². The maximum atomic E-state index is 13.2. The molecule has 15 nitrogen and oxygen atoms in total. The number of rotatable bonds is 15. The Morgan fingerprint density at radius 1 is 0.974 bits per heavy atom. The average molecular weight is 548 g/mol. The Morgan fingerprint density at radius 2 is 1.62 bits per heavy atom. The maximum Gasteiger partial charge on any atom is 0.326 e. The monoisotopic (exact) mass is 547 g/mol. The molecule has 0 aliphatic carbocycles. The third-order valence-electron chi connectivity index (χ3n) is 5.70. The Balaban J connectivity index is 2.14. The minimum atomic E-state index is -1.60. The third kappa shape index (κ3) is 10.1. The first-order chi connectivity index (χ1) is 18.4. The lowest BCUT2D eigenvalue weighted by Crippen LogP contribution is -2.60. The molecule has 1 aromatic carbocycles. The zero-order valence-corrected chi connectivity index (χ0v) is 21.2. The molecule has 2 rings (SSSR count). The van der Waals surface area contributed by atoms with Gasteiger partial charge in [-0.05, 0) is 37.5 Å². The van der Waals surface area contributed by atoms with E-state index in [0.717, 1.165) is 0 Å². The number of aromatic hydroxyl groups is 1. The smallest absolute Gasteiger partial charge is 0.326 e. The molecule has 0 aliphatic heterocycles. The maximum absolute atomic E-state index is 13.2. The zero-order valence-electron chi connectivity index (χ0n) is 21.2. The largest absolute Gasteiger partial charge is 0.508 e. The molecular formula is C24H33N7O8. The topological polar surface area (TPSA) is 263 Å². The number of nitrogens with zero attached hydrogens (tertiary/aromatic N) is 1. The van der Waals surface area contributed by atoms with Crippen LogP contribution in [0, 0.1) is 0 Å². The zero-order chi connectivity index (χ0) is 29.1. The van der Waals surface area contributed by atoms with Crippen LogP contribution in [0.2, 0.25) is 0 Å².